The highest BCUT2D eigenvalue weighted by Crippen LogP contribution is 2.45. The van der Waals surface area contributed by atoms with Crippen LogP contribution in [0, 0.1) is 0 Å². The highest BCUT2D eigenvalue weighted by molar-refractivity contribution is 6.77. The van der Waals surface area contributed by atoms with Gasteiger partial charge in [0.05, 0.1) is 21.6 Å². The Labute approximate surface area is 225 Å². The minimum Gasteiger partial charge on any atom is -0.406 e. The van der Waals surface area contributed by atoms with Gasteiger partial charge in [-0.15, -0.1) is 0 Å². The van der Waals surface area contributed by atoms with Crippen molar-refractivity contribution >= 4 is 42.5 Å². The van der Waals surface area contributed by atoms with Crippen LogP contribution in [0.2, 0.25) is 21.6 Å². The lowest BCUT2D eigenvalue weighted by Crippen LogP contribution is -2.48. The maximum atomic E-state index is 14.0. The summed E-state index contributed by atoms with van der Waals surface area (Å²) in [5, 5.41) is 6.23. The van der Waals surface area contributed by atoms with E-state index in [9.17, 15) is 9.59 Å². The number of benzene rings is 2. The molecule has 0 saturated heterocycles. The molecular formula is C28H39ClN4O3Si. The van der Waals surface area contributed by atoms with E-state index in [0.717, 1.165) is 0 Å². The van der Waals surface area contributed by atoms with Crippen molar-refractivity contribution in [3.05, 3.63) is 63.7 Å². The van der Waals surface area contributed by atoms with E-state index in [1.807, 2.05) is 19.9 Å². The molecule has 0 bridgehead atoms. The molecule has 37 heavy (non-hydrogen) atoms. The van der Waals surface area contributed by atoms with E-state index in [-0.39, 0.29) is 11.6 Å². The number of carbonyl (C=O) groups is 1. The van der Waals surface area contributed by atoms with Crippen LogP contribution in [0.4, 0.5) is 10.5 Å². The number of nitrogens with one attached hydrogen (secondary N) is 2. The fraction of sp³-hybridized carbons (Fsp3) is 0.464. The van der Waals surface area contributed by atoms with Gasteiger partial charge >= 0.3 is 6.03 Å². The molecule has 0 aliphatic rings. The molecule has 1 unspecified atom stereocenters. The zero-order valence-electron chi connectivity index (χ0n) is 23.1. The fourth-order valence-electron chi connectivity index (χ4n) is 5.55. The Morgan fingerprint density at radius 3 is 2.24 bits per heavy atom. The molecule has 3 rings (SSSR count). The largest absolute Gasteiger partial charge is 0.406 e. The van der Waals surface area contributed by atoms with Crippen molar-refractivity contribution in [3.63, 3.8) is 0 Å². The summed E-state index contributed by atoms with van der Waals surface area (Å²) in [5.74, 6) is 0.508. The molecule has 2 N–H and O–H groups in total. The van der Waals surface area contributed by atoms with Gasteiger partial charge in [-0.2, -0.15) is 0 Å². The molecule has 0 saturated carbocycles. The first-order valence-electron chi connectivity index (χ1n) is 13.0. The van der Waals surface area contributed by atoms with E-state index in [1.54, 1.807) is 41.0 Å². The Morgan fingerprint density at radius 1 is 1.03 bits per heavy atom. The van der Waals surface area contributed by atoms with Gasteiger partial charge in [0, 0.05) is 12.2 Å². The van der Waals surface area contributed by atoms with Gasteiger partial charge in [0.1, 0.15) is 11.9 Å². The van der Waals surface area contributed by atoms with Gasteiger partial charge in [-0.25, -0.2) is 9.78 Å². The lowest BCUT2D eigenvalue weighted by atomic mass is 10.2. The van der Waals surface area contributed by atoms with E-state index < -0.39 is 14.4 Å². The van der Waals surface area contributed by atoms with Crippen LogP contribution in [-0.2, 0) is 4.43 Å². The van der Waals surface area contributed by atoms with E-state index in [1.165, 1.54) is 0 Å². The molecule has 7 nitrogen and oxygen atoms in total. The minimum absolute atomic E-state index is 0.276. The van der Waals surface area contributed by atoms with Crippen LogP contribution >= 0.6 is 11.6 Å². The predicted molar refractivity (Wildman–Crippen MR) is 156 cm³/mol. The Kier molecular flexibility index (Phi) is 9.21. The second kappa shape index (κ2) is 11.8. The summed E-state index contributed by atoms with van der Waals surface area (Å²) in [5.41, 5.74) is 2.50. The van der Waals surface area contributed by atoms with Crippen molar-refractivity contribution in [3.8, 4) is 5.69 Å². The van der Waals surface area contributed by atoms with Gasteiger partial charge in [0.25, 0.3) is 5.56 Å². The van der Waals surface area contributed by atoms with Crippen LogP contribution in [0.5, 0.6) is 0 Å². The summed E-state index contributed by atoms with van der Waals surface area (Å²) >= 11 is 6.48. The minimum atomic E-state index is -2.28. The highest BCUT2D eigenvalue weighted by atomic mass is 35.5. The smallest absolute Gasteiger partial charge is 0.319 e. The van der Waals surface area contributed by atoms with Crippen LogP contribution < -0.4 is 16.2 Å². The summed E-state index contributed by atoms with van der Waals surface area (Å²) in [6.45, 7) is 17.7. The normalized spacial score (nSPS) is 13.0. The first-order valence-corrected chi connectivity index (χ1v) is 15.5. The summed E-state index contributed by atoms with van der Waals surface area (Å²) < 4.78 is 8.61. The van der Waals surface area contributed by atoms with Crippen molar-refractivity contribution in [1.29, 1.82) is 0 Å². The fourth-order valence-corrected chi connectivity index (χ4v) is 11.3. The third kappa shape index (κ3) is 5.76. The average molecular weight is 543 g/mol. The number of hydrogen-bond donors (Lipinski definition) is 2. The molecule has 9 heteroatoms. The molecule has 0 spiro atoms. The number of rotatable bonds is 9. The van der Waals surface area contributed by atoms with Gasteiger partial charge in [0.15, 0.2) is 0 Å². The molecular weight excluding hydrogens is 504 g/mol. The topological polar surface area (TPSA) is 85.2 Å². The van der Waals surface area contributed by atoms with Crippen molar-refractivity contribution in [2.75, 3.05) is 11.9 Å². The van der Waals surface area contributed by atoms with Crippen molar-refractivity contribution in [2.24, 2.45) is 0 Å². The first kappa shape index (κ1) is 28.9. The predicted octanol–water partition coefficient (Wildman–Crippen LogP) is 7.43. The van der Waals surface area contributed by atoms with Crippen molar-refractivity contribution in [1.82, 2.24) is 14.9 Å². The van der Waals surface area contributed by atoms with Crippen LogP contribution in [0.25, 0.3) is 16.6 Å². The number of halogens is 1. The lowest BCUT2D eigenvalue weighted by molar-refractivity contribution is 0.183. The quantitative estimate of drug-likeness (QED) is 0.275. The third-order valence-electron chi connectivity index (χ3n) is 7.02. The van der Waals surface area contributed by atoms with Crippen LogP contribution in [-0.4, -0.2) is 30.4 Å². The second-order valence-corrected chi connectivity index (χ2v) is 16.2. The highest BCUT2D eigenvalue weighted by Gasteiger charge is 2.46. The van der Waals surface area contributed by atoms with Gasteiger partial charge in [0.2, 0.25) is 8.32 Å². The van der Waals surface area contributed by atoms with Crippen molar-refractivity contribution in [2.45, 2.75) is 78.1 Å². The Balaban J connectivity index is 2.25. The molecule has 0 radical (unpaired) electrons. The van der Waals surface area contributed by atoms with E-state index in [0.29, 0.717) is 56.3 Å². The van der Waals surface area contributed by atoms with E-state index in [4.69, 9.17) is 21.0 Å². The summed E-state index contributed by atoms with van der Waals surface area (Å²) in [7, 11) is -2.28. The van der Waals surface area contributed by atoms with Crippen LogP contribution in [0.15, 0.2) is 47.3 Å². The van der Waals surface area contributed by atoms with E-state index in [2.05, 4.69) is 52.2 Å². The summed E-state index contributed by atoms with van der Waals surface area (Å²) in [4.78, 5) is 31.0. The molecule has 1 heterocycles. The number of amides is 2. The number of anilines is 1. The van der Waals surface area contributed by atoms with Gasteiger partial charge in [-0.3, -0.25) is 9.36 Å². The number of fused-ring (bicyclic) bond motifs is 1. The molecule has 0 fully saturated rings. The molecule has 200 valence electrons. The third-order valence-corrected chi connectivity index (χ3v) is 13.5. The number of carbonyl (C=O) groups excluding carboxylic acids is 1. The molecule has 3 aromatic rings. The zero-order chi connectivity index (χ0) is 27.5. The number of urea groups is 1. The SMILES string of the molecule is CCNC(=O)Nc1cccc(-n2c(C(C)O[Si](C(C)C)(C(C)C)C(C)C)nc3cccc(Cl)c3c2=O)c1. The average Bonchev–Trinajstić information content (AvgIpc) is 2.81. The summed E-state index contributed by atoms with van der Waals surface area (Å²) in [6, 6.07) is 12.1. The molecule has 2 amide bonds. The number of hydrogen-bond acceptors (Lipinski definition) is 4. The Bertz CT molecular complexity index is 1300. The number of aromatic nitrogens is 2. The second-order valence-electron chi connectivity index (χ2n) is 10.4. The standard InChI is InChI=1S/C28H39ClN4O3Si/c1-9-30-28(35)31-21-12-10-13-22(16-21)33-26(32-24-15-11-14-23(29)25(24)27(33)34)20(8)36-37(17(2)3,18(4)5)19(6)7/h10-20H,9H2,1-8H3,(H2,30,31,35). The van der Waals surface area contributed by atoms with Gasteiger partial charge < -0.3 is 15.1 Å². The Hall–Kier alpha value is -2.68. The van der Waals surface area contributed by atoms with E-state index >= 15 is 0 Å². The molecule has 1 atom stereocenters. The van der Waals surface area contributed by atoms with Gasteiger partial charge in [-0.05, 0) is 60.8 Å². The monoisotopic (exact) mass is 542 g/mol. The van der Waals surface area contributed by atoms with Crippen molar-refractivity contribution < 1.29 is 9.22 Å². The lowest BCUT2D eigenvalue weighted by Gasteiger charge is -2.44. The number of nitrogens with zero attached hydrogens (tertiary/aromatic N) is 2. The molecule has 2 aromatic carbocycles. The van der Waals surface area contributed by atoms with Gasteiger partial charge in [-0.1, -0.05) is 65.3 Å². The summed E-state index contributed by atoms with van der Waals surface area (Å²) in [6.07, 6.45) is -0.449. The maximum Gasteiger partial charge on any atom is 0.319 e. The molecule has 0 aliphatic carbocycles. The molecule has 1 aromatic heterocycles. The van der Waals surface area contributed by atoms with Crippen LogP contribution in [0.1, 0.15) is 67.3 Å². The molecule has 0 aliphatic heterocycles. The van der Waals surface area contributed by atoms with Crippen LogP contribution in [0.3, 0.4) is 0 Å². The zero-order valence-corrected chi connectivity index (χ0v) is 24.8. The first-order chi connectivity index (χ1) is 17.4. The maximum absolute atomic E-state index is 14.0. The Morgan fingerprint density at radius 2 is 1.65 bits per heavy atom.